The van der Waals surface area contributed by atoms with E-state index in [2.05, 4.69) is 15.9 Å². The van der Waals surface area contributed by atoms with Gasteiger partial charge in [0.05, 0.1) is 5.92 Å². The van der Waals surface area contributed by atoms with Gasteiger partial charge in [0.2, 0.25) is 0 Å². The van der Waals surface area contributed by atoms with E-state index < -0.39 is 11.9 Å². The Morgan fingerprint density at radius 1 is 1.31 bits per heavy atom. The number of aliphatic hydroxyl groups excluding tert-OH is 1. The maximum atomic E-state index is 11.2. The van der Waals surface area contributed by atoms with Gasteiger partial charge in [-0.25, -0.2) is 0 Å². The lowest BCUT2D eigenvalue weighted by Gasteiger charge is -2.13. The van der Waals surface area contributed by atoms with E-state index in [-0.39, 0.29) is 6.61 Å². The first-order chi connectivity index (χ1) is 7.66. The fraction of sp³-hybridized carbons (Fsp3) is 0.417. The summed E-state index contributed by atoms with van der Waals surface area (Å²) in [5.41, 5.74) is 0.799. The first kappa shape index (κ1) is 13.2. The summed E-state index contributed by atoms with van der Waals surface area (Å²) in [6, 6.07) is 7.36. The van der Waals surface area contributed by atoms with Crippen molar-refractivity contribution in [2.45, 2.75) is 25.2 Å². The molecule has 0 radical (unpaired) electrons. The van der Waals surface area contributed by atoms with Crippen LogP contribution in [-0.2, 0) is 4.79 Å². The number of unbranched alkanes of at least 4 members (excludes halogenated alkanes) is 1. The highest BCUT2D eigenvalue weighted by molar-refractivity contribution is 9.10. The zero-order valence-electron chi connectivity index (χ0n) is 8.90. The standard InChI is InChI=1S/C12H15BrO3/c13-11-7-2-1-5-9(11)10(12(15)16)6-3-4-8-14/h1-2,5,7,10,14H,3-4,6,8H2,(H,15,16). The maximum Gasteiger partial charge on any atom is 0.311 e. The highest BCUT2D eigenvalue weighted by Gasteiger charge is 2.21. The molecular weight excluding hydrogens is 272 g/mol. The van der Waals surface area contributed by atoms with Crippen molar-refractivity contribution in [3.63, 3.8) is 0 Å². The minimum Gasteiger partial charge on any atom is -0.481 e. The van der Waals surface area contributed by atoms with Gasteiger partial charge in [0.15, 0.2) is 0 Å². The summed E-state index contributed by atoms with van der Waals surface area (Å²) < 4.78 is 0.825. The molecule has 1 aromatic carbocycles. The molecule has 88 valence electrons. The van der Waals surface area contributed by atoms with Crippen LogP contribution in [0, 0.1) is 0 Å². The van der Waals surface area contributed by atoms with Crippen LogP contribution in [0.1, 0.15) is 30.7 Å². The molecule has 0 amide bonds. The van der Waals surface area contributed by atoms with Gasteiger partial charge in [-0.2, -0.15) is 0 Å². The van der Waals surface area contributed by atoms with Gasteiger partial charge < -0.3 is 10.2 Å². The monoisotopic (exact) mass is 286 g/mol. The normalized spacial score (nSPS) is 12.4. The lowest BCUT2D eigenvalue weighted by molar-refractivity contribution is -0.139. The summed E-state index contributed by atoms with van der Waals surface area (Å²) in [5, 5.41) is 17.9. The lowest BCUT2D eigenvalue weighted by Crippen LogP contribution is -2.12. The van der Waals surface area contributed by atoms with Crippen molar-refractivity contribution in [2.75, 3.05) is 6.61 Å². The second kappa shape index (κ2) is 6.66. The molecule has 1 atom stereocenters. The first-order valence-electron chi connectivity index (χ1n) is 5.25. The predicted molar refractivity (Wildman–Crippen MR) is 65.5 cm³/mol. The third kappa shape index (κ3) is 3.61. The summed E-state index contributed by atoms with van der Waals surface area (Å²) in [4.78, 5) is 11.2. The number of carbonyl (C=O) groups is 1. The quantitative estimate of drug-likeness (QED) is 0.791. The second-order valence-electron chi connectivity index (χ2n) is 3.63. The molecule has 0 aliphatic heterocycles. The number of hydrogen-bond acceptors (Lipinski definition) is 2. The van der Waals surface area contributed by atoms with Crippen LogP contribution in [0.25, 0.3) is 0 Å². The van der Waals surface area contributed by atoms with Crippen LogP contribution in [-0.4, -0.2) is 22.8 Å². The maximum absolute atomic E-state index is 11.2. The van der Waals surface area contributed by atoms with E-state index in [1.807, 2.05) is 24.3 Å². The number of benzene rings is 1. The number of carboxylic acids is 1. The molecule has 2 N–H and O–H groups in total. The van der Waals surface area contributed by atoms with Crippen LogP contribution >= 0.6 is 15.9 Å². The average Bonchev–Trinajstić information content (AvgIpc) is 2.25. The summed E-state index contributed by atoms with van der Waals surface area (Å²) >= 11 is 3.36. The number of aliphatic hydroxyl groups is 1. The molecule has 1 rings (SSSR count). The molecule has 3 nitrogen and oxygen atoms in total. The molecule has 0 bridgehead atoms. The average molecular weight is 287 g/mol. The minimum absolute atomic E-state index is 0.113. The van der Waals surface area contributed by atoms with Crippen LogP contribution in [0.15, 0.2) is 28.7 Å². The number of halogens is 1. The van der Waals surface area contributed by atoms with Crippen LogP contribution in [0.5, 0.6) is 0 Å². The highest BCUT2D eigenvalue weighted by atomic mass is 79.9. The Morgan fingerprint density at radius 3 is 2.56 bits per heavy atom. The van der Waals surface area contributed by atoms with Crippen molar-refractivity contribution >= 4 is 21.9 Å². The Balaban J connectivity index is 2.78. The molecule has 0 spiro atoms. The number of rotatable bonds is 6. The van der Waals surface area contributed by atoms with Crippen molar-refractivity contribution in [1.82, 2.24) is 0 Å². The molecule has 4 heteroatoms. The van der Waals surface area contributed by atoms with Gasteiger partial charge in [-0.3, -0.25) is 4.79 Å². The van der Waals surface area contributed by atoms with E-state index in [4.69, 9.17) is 10.2 Å². The Labute approximate surface area is 103 Å². The highest BCUT2D eigenvalue weighted by Crippen LogP contribution is 2.28. The largest absolute Gasteiger partial charge is 0.481 e. The molecule has 0 saturated heterocycles. The van der Waals surface area contributed by atoms with E-state index in [0.29, 0.717) is 12.8 Å². The predicted octanol–water partition coefficient (Wildman–Crippen LogP) is 2.78. The van der Waals surface area contributed by atoms with E-state index in [1.54, 1.807) is 0 Å². The molecule has 0 aliphatic carbocycles. The molecule has 16 heavy (non-hydrogen) atoms. The summed E-state index contributed by atoms with van der Waals surface area (Å²) in [6.07, 6.45) is 1.92. The Kier molecular flexibility index (Phi) is 5.49. The lowest BCUT2D eigenvalue weighted by atomic mass is 9.94. The fourth-order valence-corrected chi connectivity index (χ4v) is 2.19. The minimum atomic E-state index is -0.815. The Bertz CT molecular complexity index is 352. The molecule has 0 heterocycles. The van der Waals surface area contributed by atoms with Gasteiger partial charge in [0.25, 0.3) is 0 Å². The molecule has 0 aliphatic rings. The molecule has 1 unspecified atom stereocenters. The number of carboxylic acid groups (broad SMARTS) is 1. The van der Waals surface area contributed by atoms with Gasteiger partial charge in [-0.1, -0.05) is 34.1 Å². The Morgan fingerprint density at radius 2 is 2.00 bits per heavy atom. The van der Waals surface area contributed by atoms with Crippen molar-refractivity contribution < 1.29 is 15.0 Å². The van der Waals surface area contributed by atoms with Gasteiger partial charge in [-0.15, -0.1) is 0 Å². The SMILES string of the molecule is O=C(O)C(CCCCO)c1ccccc1Br. The van der Waals surface area contributed by atoms with Gasteiger partial charge in [0.1, 0.15) is 0 Å². The van der Waals surface area contributed by atoms with Crippen molar-refractivity contribution in [1.29, 1.82) is 0 Å². The van der Waals surface area contributed by atoms with Gasteiger partial charge in [-0.05, 0) is 30.9 Å². The zero-order valence-corrected chi connectivity index (χ0v) is 10.5. The van der Waals surface area contributed by atoms with Crippen molar-refractivity contribution in [2.24, 2.45) is 0 Å². The summed E-state index contributed by atoms with van der Waals surface area (Å²) in [7, 11) is 0. The molecule has 0 fully saturated rings. The fourth-order valence-electron chi connectivity index (χ4n) is 1.63. The zero-order chi connectivity index (χ0) is 12.0. The topological polar surface area (TPSA) is 57.5 Å². The third-order valence-corrected chi connectivity index (χ3v) is 3.20. The van der Waals surface area contributed by atoms with Gasteiger partial charge >= 0.3 is 5.97 Å². The van der Waals surface area contributed by atoms with Crippen LogP contribution < -0.4 is 0 Å². The molecule has 1 aromatic rings. The Hall–Kier alpha value is -0.870. The number of hydrogen-bond donors (Lipinski definition) is 2. The van der Waals surface area contributed by atoms with Crippen LogP contribution in [0.3, 0.4) is 0 Å². The smallest absolute Gasteiger partial charge is 0.311 e. The van der Waals surface area contributed by atoms with Crippen molar-refractivity contribution in [3.05, 3.63) is 34.3 Å². The molecule has 0 saturated carbocycles. The van der Waals surface area contributed by atoms with E-state index in [0.717, 1.165) is 16.5 Å². The van der Waals surface area contributed by atoms with Crippen molar-refractivity contribution in [3.8, 4) is 0 Å². The van der Waals surface area contributed by atoms with E-state index in [1.165, 1.54) is 0 Å². The summed E-state index contributed by atoms with van der Waals surface area (Å²) in [5.74, 6) is -1.31. The molecular formula is C12H15BrO3. The van der Waals surface area contributed by atoms with Crippen LogP contribution in [0.4, 0.5) is 0 Å². The van der Waals surface area contributed by atoms with Crippen LogP contribution in [0.2, 0.25) is 0 Å². The van der Waals surface area contributed by atoms with E-state index >= 15 is 0 Å². The number of aliphatic carboxylic acids is 1. The first-order valence-corrected chi connectivity index (χ1v) is 6.04. The van der Waals surface area contributed by atoms with E-state index in [9.17, 15) is 4.79 Å². The third-order valence-electron chi connectivity index (χ3n) is 2.48. The molecule has 0 aromatic heterocycles. The van der Waals surface area contributed by atoms with Gasteiger partial charge in [0, 0.05) is 11.1 Å². The second-order valence-corrected chi connectivity index (χ2v) is 4.49. The summed E-state index contributed by atoms with van der Waals surface area (Å²) in [6.45, 7) is 0.113.